The second kappa shape index (κ2) is 19.0. The number of benzene rings is 2. The minimum absolute atomic E-state index is 0.0277. The molecule has 4 atom stereocenters. The van der Waals surface area contributed by atoms with E-state index >= 15 is 0 Å². The molecule has 4 aromatic rings. The van der Waals surface area contributed by atoms with Crippen LogP contribution in [0.3, 0.4) is 0 Å². The summed E-state index contributed by atoms with van der Waals surface area (Å²) in [5.74, 6) is -0.590. The van der Waals surface area contributed by atoms with Gasteiger partial charge in [-0.2, -0.15) is 0 Å². The summed E-state index contributed by atoms with van der Waals surface area (Å²) in [5, 5.41) is 20.5. The van der Waals surface area contributed by atoms with E-state index in [2.05, 4.69) is 25.9 Å². The number of nitrogens with zero attached hydrogens (tertiary/aromatic N) is 3. The highest BCUT2D eigenvalue weighted by atomic mass is 16.5. The largest absolute Gasteiger partial charge is 0.445 e. The topological polar surface area (TPSA) is 146 Å². The second-order valence-electron chi connectivity index (χ2n) is 13.0. The molecule has 11 heteroatoms. The normalized spacial score (nSPS) is 13.4. The molecule has 50 heavy (non-hydrogen) atoms. The Hall–Kier alpha value is -5.29. The molecule has 0 radical (unpaired) electrons. The van der Waals surface area contributed by atoms with Crippen molar-refractivity contribution in [1.29, 1.82) is 0 Å². The van der Waals surface area contributed by atoms with Crippen LogP contribution in [0.5, 0.6) is 0 Å². The summed E-state index contributed by atoms with van der Waals surface area (Å²) in [7, 11) is 1.67. The third-order valence-electron chi connectivity index (χ3n) is 8.28. The molecule has 1 unspecified atom stereocenters. The Balaban J connectivity index is 1.47. The van der Waals surface area contributed by atoms with Gasteiger partial charge in [0.25, 0.3) is 0 Å². The molecule has 0 aliphatic heterocycles. The maximum absolute atomic E-state index is 13.9. The van der Waals surface area contributed by atoms with Crippen LogP contribution in [-0.2, 0) is 35.5 Å². The van der Waals surface area contributed by atoms with Gasteiger partial charge >= 0.3 is 12.1 Å². The number of aliphatic hydroxyl groups excluding tert-OH is 1. The number of aryl methyl sites for hydroxylation is 1. The molecular formula is C39H48N6O5. The van der Waals surface area contributed by atoms with E-state index in [9.17, 15) is 19.5 Å². The van der Waals surface area contributed by atoms with Crippen LogP contribution >= 0.6 is 0 Å². The molecule has 4 N–H and O–H groups in total. The number of carbonyl (C=O) groups excluding carboxylic acids is 3. The Labute approximate surface area is 294 Å². The molecule has 0 saturated carbocycles. The number of rotatable bonds is 16. The van der Waals surface area contributed by atoms with Gasteiger partial charge in [-0.15, -0.1) is 0 Å². The van der Waals surface area contributed by atoms with Gasteiger partial charge in [0.15, 0.2) is 0 Å². The smallest absolute Gasteiger partial charge is 0.407 e. The number of ether oxygens (including phenoxy) is 1. The summed E-state index contributed by atoms with van der Waals surface area (Å²) in [5.41, 5.74) is 4.49. The summed E-state index contributed by atoms with van der Waals surface area (Å²) < 4.78 is 5.45. The van der Waals surface area contributed by atoms with Crippen LogP contribution in [0.1, 0.15) is 48.1 Å². The van der Waals surface area contributed by atoms with Crippen LogP contribution in [0.25, 0.3) is 0 Å². The molecule has 11 nitrogen and oxygen atoms in total. The number of alkyl carbamates (subject to hydrolysis) is 1. The summed E-state index contributed by atoms with van der Waals surface area (Å²) in [6, 6.07) is 22.2. The van der Waals surface area contributed by atoms with Crippen LogP contribution in [0.4, 0.5) is 9.59 Å². The maximum atomic E-state index is 13.9. The monoisotopic (exact) mass is 680 g/mol. The lowest BCUT2D eigenvalue weighted by Crippen LogP contribution is -2.55. The summed E-state index contributed by atoms with van der Waals surface area (Å²) in [6.07, 6.45) is 5.87. The van der Waals surface area contributed by atoms with E-state index in [1.807, 2.05) is 87.5 Å². The van der Waals surface area contributed by atoms with Crippen molar-refractivity contribution in [3.8, 4) is 0 Å². The molecule has 0 spiro atoms. The van der Waals surface area contributed by atoms with E-state index in [4.69, 9.17) is 4.74 Å². The van der Waals surface area contributed by atoms with Gasteiger partial charge in [-0.1, -0.05) is 86.6 Å². The number of carbonyl (C=O) groups is 3. The van der Waals surface area contributed by atoms with Gasteiger partial charge < -0.3 is 30.7 Å². The first kappa shape index (κ1) is 37.5. The second-order valence-corrected chi connectivity index (χ2v) is 13.0. The van der Waals surface area contributed by atoms with E-state index in [1.165, 1.54) is 4.90 Å². The number of amides is 4. The molecule has 4 rings (SSSR count). The lowest BCUT2D eigenvalue weighted by Gasteiger charge is -2.30. The lowest BCUT2D eigenvalue weighted by molar-refractivity contribution is -0.124. The average Bonchev–Trinajstić information content (AvgIpc) is 3.10. The molecule has 4 amide bonds. The molecule has 264 valence electrons. The van der Waals surface area contributed by atoms with Crippen LogP contribution in [0.2, 0.25) is 0 Å². The van der Waals surface area contributed by atoms with E-state index in [-0.39, 0.29) is 24.9 Å². The van der Waals surface area contributed by atoms with Crippen LogP contribution in [-0.4, -0.2) is 69.3 Å². The van der Waals surface area contributed by atoms with Crippen LogP contribution in [0.15, 0.2) is 104 Å². The van der Waals surface area contributed by atoms with Crippen molar-refractivity contribution < 1.29 is 24.2 Å². The Bertz CT molecular complexity index is 1640. The molecule has 0 saturated heterocycles. The average molecular weight is 681 g/mol. The van der Waals surface area contributed by atoms with Crippen molar-refractivity contribution in [3.05, 3.63) is 131 Å². The zero-order valence-electron chi connectivity index (χ0n) is 29.2. The number of hydrogen-bond acceptors (Lipinski definition) is 7. The third-order valence-corrected chi connectivity index (χ3v) is 8.28. The highest BCUT2D eigenvalue weighted by molar-refractivity contribution is 5.87. The predicted molar refractivity (Wildman–Crippen MR) is 192 cm³/mol. The molecular weight excluding hydrogens is 632 g/mol. The summed E-state index contributed by atoms with van der Waals surface area (Å²) >= 11 is 0. The summed E-state index contributed by atoms with van der Waals surface area (Å²) in [4.78, 5) is 49.8. The van der Waals surface area contributed by atoms with Gasteiger partial charge in [0.05, 0.1) is 12.1 Å². The fourth-order valence-electron chi connectivity index (χ4n) is 5.64. The van der Waals surface area contributed by atoms with Gasteiger partial charge in [0.1, 0.15) is 12.6 Å². The molecule has 0 aliphatic rings. The highest BCUT2D eigenvalue weighted by Gasteiger charge is 2.31. The number of aromatic nitrogens is 2. The standard InChI is InChI=1S/C39H48N6O5/c1-27(2)36(44-38(48)45(4)25-32-18-28(3)22-41-24-32)37(47)42-33(19-29-12-7-5-8-13-29)21-35(46)34(20-30-14-9-6-10-15-30)43-39(49)50-26-31-16-11-17-40-23-31/h5-18,22-24,27,33-36,46H,19-21,25-26H2,1-4H3,(H,42,47)(H,43,49)(H,44,48)/t33-,34-,35-,36?/m0/s1. The zero-order valence-corrected chi connectivity index (χ0v) is 29.2. The summed E-state index contributed by atoms with van der Waals surface area (Å²) in [6.45, 7) is 6.03. The highest BCUT2D eigenvalue weighted by Crippen LogP contribution is 2.16. The SMILES string of the molecule is Cc1cncc(CN(C)C(=O)NC(C(=O)N[C@@H](Cc2ccccc2)C[C@H](O)[C@H](Cc2ccccc2)NC(=O)OCc2cccnc2)C(C)C)c1. The zero-order chi connectivity index (χ0) is 35.9. The van der Waals surface area contributed by atoms with E-state index in [1.54, 1.807) is 44.0 Å². The number of aliphatic hydroxyl groups is 1. The Morgan fingerprint density at radius 2 is 1.44 bits per heavy atom. The van der Waals surface area contributed by atoms with E-state index < -0.39 is 36.4 Å². The van der Waals surface area contributed by atoms with Crippen LogP contribution < -0.4 is 16.0 Å². The molecule has 0 bridgehead atoms. The minimum Gasteiger partial charge on any atom is -0.445 e. The van der Waals surface area contributed by atoms with Crippen molar-refractivity contribution in [2.24, 2.45) is 5.92 Å². The quantitative estimate of drug-likeness (QED) is 0.131. The van der Waals surface area contributed by atoms with Crippen LogP contribution in [0, 0.1) is 12.8 Å². The van der Waals surface area contributed by atoms with Gasteiger partial charge in [-0.25, -0.2) is 9.59 Å². The van der Waals surface area contributed by atoms with Gasteiger partial charge in [-0.3, -0.25) is 14.8 Å². The molecule has 2 aromatic carbocycles. The first-order chi connectivity index (χ1) is 24.1. The van der Waals surface area contributed by atoms with E-state index in [0.29, 0.717) is 19.4 Å². The number of urea groups is 1. The number of hydrogen-bond donors (Lipinski definition) is 4. The van der Waals surface area contributed by atoms with E-state index in [0.717, 1.165) is 27.8 Å². The van der Waals surface area contributed by atoms with Gasteiger partial charge in [0, 0.05) is 50.0 Å². The predicted octanol–water partition coefficient (Wildman–Crippen LogP) is 4.97. The molecule has 2 heterocycles. The maximum Gasteiger partial charge on any atom is 0.407 e. The Morgan fingerprint density at radius 3 is 2.06 bits per heavy atom. The Morgan fingerprint density at radius 1 is 0.800 bits per heavy atom. The number of nitrogens with one attached hydrogen (secondary N) is 3. The fraction of sp³-hybridized carbons (Fsp3) is 0.359. The molecule has 2 aromatic heterocycles. The van der Waals surface area contributed by atoms with Crippen molar-refractivity contribution in [1.82, 2.24) is 30.8 Å². The van der Waals surface area contributed by atoms with Crippen molar-refractivity contribution >= 4 is 18.0 Å². The van der Waals surface area contributed by atoms with Crippen molar-refractivity contribution in [2.75, 3.05) is 7.05 Å². The van der Waals surface area contributed by atoms with Gasteiger partial charge in [-0.05, 0) is 60.4 Å². The molecule has 0 fully saturated rings. The lowest BCUT2D eigenvalue weighted by atomic mass is 9.93. The fourth-order valence-corrected chi connectivity index (χ4v) is 5.64. The Kier molecular flexibility index (Phi) is 14.3. The first-order valence-corrected chi connectivity index (χ1v) is 16.9. The van der Waals surface area contributed by atoms with Crippen molar-refractivity contribution in [2.45, 2.75) is 77.4 Å². The third kappa shape index (κ3) is 12.3. The van der Waals surface area contributed by atoms with Crippen molar-refractivity contribution in [3.63, 3.8) is 0 Å². The first-order valence-electron chi connectivity index (χ1n) is 16.9. The molecule has 0 aliphatic carbocycles. The minimum atomic E-state index is -1.06. The number of pyridine rings is 2. The van der Waals surface area contributed by atoms with Gasteiger partial charge in [0.2, 0.25) is 5.91 Å².